The molecule has 0 radical (unpaired) electrons. The summed E-state index contributed by atoms with van der Waals surface area (Å²) in [6, 6.07) is 1.69. The molecule has 3 heterocycles. The highest BCUT2D eigenvalue weighted by molar-refractivity contribution is 5.94. The highest BCUT2D eigenvalue weighted by Crippen LogP contribution is 2.31. The van der Waals surface area contributed by atoms with Gasteiger partial charge in [0.25, 0.3) is 5.91 Å². The molecule has 0 aliphatic carbocycles. The van der Waals surface area contributed by atoms with Crippen molar-refractivity contribution < 1.29 is 14.0 Å². The van der Waals surface area contributed by atoms with Crippen LogP contribution < -0.4 is 0 Å². The topological polar surface area (TPSA) is 53.8 Å². The molecule has 0 saturated carbocycles. The number of carbonyl (C=O) groups excluding carboxylic acids is 2. The number of amides is 2. The van der Waals surface area contributed by atoms with E-state index >= 15 is 0 Å². The summed E-state index contributed by atoms with van der Waals surface area (Å²) in [7, 11) is 0. The molecule has 0 spiro atoms. The molecule has 0 aromatic carbocycles. The SMILES string of the molecule is CC1(C)CCN(C(=O)C2CCN(C(=O)c3ccoc3)CC2)C1. The van der Waals surface area contributed by atoms with Gasteiger partial charge in [0.15, 0.2) is 0 Å². The van der Waals surface area contributed by atoms with E-state index in [4.69, 9.17) is 4.42 Å². The van der Waals surface area contributed by atoms with Gasteiger partial charge in [-0.3, -0.25) is 9.59 Å². The molecule has 0 atom stereocenters. The number of piperidine rings is 1. The first kappa shape index (κ1) is 15.1. The van der Waals surface area contributed by atoms with E-state index in [1.807, 2.05) is 9.80 Å². The predicted octanol–water partition coefficient (Wildman–Crippen LogP) is 2.39. The Morgan fingerprint density at radius 2 is 1.91 bits per heavy atom. The van der Waals surface area contributed by atoms with Crippen molar-refractivity contribution in [3.8, 4) is 0 Å². The molecule has 22 heavy (non-hydrogen) atoms. The van der Waals surface area contributed by atoms with Crippen LogP contribution >= 0.6 is 0 Å². The Morgan fingerprint density at radius 3 is 2.45 bits per heavy atom. The lowest BCUT2D eigenvalue weighted by Gasteiger charge is -2.33. The lowest BCUT2D eigenvalue weighted by Crippen LogP contribution is -2.44. The predicted molar refractivity (Wildman–Crippen MR) is 82.3 cm³/mol. The van der Waals surface area contributed by atoms with Gasteiger partial charge in [0.1, 0.15) is 6.26 Å². The zero-order valence-electron chi connectivity index (χ0n) is 13.4. The fourth-order valence-corrected chi connectivity index (χ4v) is 3.46. The summed E-state index contributed by atoms with van der Waals surface area (Å²) in [6.45, 7) is 7.47. The highest BCUT2D eigenvalue weighted by Gasteiger charge is 2.36. The van der Waals surface area contributed by atoms with E-state index in [0.717, 1.165) is 32.4 Å². The molecule has 0 bridgehead atoms. The minimum atomic E-state index is 0.00181. The molecule has 0 N–H and O–H groups in total. The Balaban J connectivity index is 1.53. The van der Waals surface area contributed by atoms with Gasteiger partial charge in [-0.2, -0.15) is 0 Å². The number of likely N-dealkylation sites (tertiary alicyclic amines) is 2. The van der Waals surface area contributed by atoms with E-state index < -0.39 is 0 Å². The van der Waals surface area contributed by atoms with Crippen LogP contribution in [0, 0.1) is 11.3 Å². The maximum absolute atomic E-state index is 12.6. The van der Waals surface area contributed by atoms with E-state index in [0.29, 0.717) is 18.7 Å². The third-order valence-corrected chi connectivity index (χ3v) is 4.89. The average molecular weight is 304 g/mol. The number of rotatable bonds is 2. The number of carbonyl (C=O) groups is 2. The number of hydrogen-bond donors (Lipinski definition) is 0. The molecule has 3 rings (SSSR count). The number of nitrogens with zero attached hydrogens (tertiary/aromatic N) is 2. The van der Waals surface area contributed by atoms with Crippen molar-refractivity contribution in [3.05, 3.63) is 24.2 Å². The van der Waals surface area contributed by atoms with Crippen LogP contribution in [0.3, 0.4) is 0 Å². The van der Waals surface area contributed by atoms with Crippen LogP contribution in [0.4, 0.5) is 0 Å². The molecule has 2 fully saturated rings. The first-order chi connectivity index (χ1) is 10.5. The highest BCUT2D eigenvalue weighted by atomic mass is 16.3. The van der Waals surface area contributed by atoms with Gasteiger partial charge in [-0.05, 0) is 30.7 Å². The first-order valence-corrected chi connectivity index (χ1v) is 8.06. The van der Waals surface area contributed by atoms with Gasteiger partial charge in [0.05, 0.1) is 11.8 Å². The molecular weight excluding hydrogens is 280 g/mol. The molecule has 2 saturated heterocycles. The summed E-state index contributed by atoms with van der Waals surface area (Å²) >= 11 is 0. The smallest absolute Gasteiger partial charge is 0.257 e. The first-order valence-electron chi connectivity index (χ1n) is 8.06. The van der Waals surface area contributed by atoms with Crippen LogP contribution in [0.15, 0.2) is 23.0 Å². The Labute approximate surface area is 131 Å². The molecule has 0 unspecified atom stereocenters. The molecule has 2 aliphatic heterocycles. The molecule has 2 aliphatic rings. The Bertz CT molecular complexity index is 542. The summed E-state index contributed by atoms with van der Waals surface area (Å²) in [6.07, 6.45) is 5.60. The van der Waals surface area contributed by atoms with Crippen molar-refractivity contribution in [3.63, 3.8) is 0 Å². The molecular formula is C17H24N2O3. The summed E-state index contributed by atoms with van der Waals surface area (Å²) in [5.41, 5.74) is 0.833. The van der Waals surface area contributed by atoms with Crippen molar-refractivity contribution in [1.29, 1.82) is 0 Å². The average Bonchev–Trinajstić information content (AvgIpc) is 3.15. The monoisotopic (exact) mass is 304 g/mol. The normalized spacial score (nSPS) is 22.1. The summed E-state index contributed by atoms with van der Waals surface area (Å²) < 4.78 is 4.96. The fourth-order valence-electron chi connectivity index (χ4n) is 3.46. The van der Waals surface area contributed by atoms with Crippen LogP contribution in [-0.2, 0) is 4.79 Å². The quantitative estimate of drug-likeness (QED) is 0.843. The number of furan rings is 1. The van der Waals surface area contributed by atoms with Gasteiger partial charge in [-0.1, -0.05) is 13.8 Å². The van der Waals surface area contributed by atoms with Crippen molar-refractivity contribution in [1.82, 2.24) is 9.80 Å². The second-order valence-corrected chi connectivity index (χ2v) is 7.25. The van der Waals surface area contributed by atoms with Crippen LogP contribution in [0.2, 0.25) is 0 Å². The molecule has 5 nitrogen and oxygen atoms in total. The third kappa shape index (κ3) is 3.03. The Hall–Kier alpha value is -1.78. The molecule has 5 heteroatoms. The minimum absolute atomic E-state index is 0.00181. The minimum Gasteiger partial charge on any atom is -0.472 e. The standard InChI is InChI=1S/C17H24N2O3/c1-17(2)6-9-19(12-17)15(20)13-3-7-18(8-4-13)16(21)14-5-10-22-11-14/h5,10-11,13H,3-4,6-9,12H2,1-2H3. The zero-order valence-corrected chi connectivity index (χ0v) is 13.4. The van der Waals surface area contributed by atoms with Crippen LogP contribution in [0.1, 0.15) is 43.5 Å². The van der Waals surface area contributed by atoms with Gasteiger partial charge < -0.3 is 14.2 Å². The number of hydrogen-bond acceptors (Lipinski definition) is 3. The molecule has 1 aromatic heterocycles. The Morgan fingerprint density at radius 1 is 1.18 bits per heavy atom. The lowest BCUT2D eigenvalue weighted by molar-refractivity contribution is -0.136. The Kier molecular flexibility index (Phi) is 3.98. The van der Waals surface area contributed by atoms with E-state index in [9.17, 15) is 9.59 Å². The van der Waals surface area contributed by atoms with Gasteiger partial charge >= 0.3 is 0 Å². The molecule has 1 aromatic rings. The van der Waals surface area contributed by atoms with Crippen LogP contribution in [0.25, 0.3) is 0 Å². The van der Waals surface area contributed by atoms with Crippen molar-refractivity contribution >= 4 is 11.8 Å². The second kappa shape index (κ2) is 5.78. The summed E-state index contributed by atoms with van der Waals surface area (Å²) in [5.74, 6) is 0.352. The van der Waals surface area contributed by atoms with Gasteiger partial charge in [-0.25, -0.2) is 0 Å². The molecule has 2 amide bonds. The van der Waals surface area contributed by atoms with Crippen LogP contribution in [-0.4, -0.2) is 47.8 Å². The largest absolute Gasteiger partial charge is 0.472 e. The third-order valence-electron chi connectivity index (χ3n) is 4.89. The van der Waals surface area contributed by atoms with Gasteiger partial charge in [-0.15, -0.1) is 0 Å². The van der Waals surface area contributed by atoms with E-state index in [-0.39, 0.29) is 23.1 Å². The van der Waals surface area contributed by atoms with Crippen molar-refractivity contribution in [2.24, 2.45) is 11.3 Å². The lowest BCUT2D eigenvalue weighted by atomic mass is 9.92. The van der Waals surface area contributed by atoms with Crippen LogP contribution in [0.5, 0.6) is 0 Å². The van der Waals surface area contributed by atoms with Gasteiger partial charge in [0.2, 0.25) is 5.91 Å². The molecule has 120 valence electrons. The van der Waals surface area contributed by atoms with Crippen molar-refractivity contribution in [2.45, 2.75) is 33.1 Å². The fraction of sp³-hybridized carbons (Fsp3) is 0.647. The summed E-state index contributed by atoms with van der Waals surface area (Å²) in [5, 5.41) is 0. The van der Waals surface area contributed by atoms with Crippen molar-refractivity contribution in [2.75, 3.05) is 26.2 Å². The maximum atomic E-state index is 12.6. The second-order valence-electron chi connectivity index (χ2n) is 7.25. The summed E-state index contributed by atoms with van der Waals surface area (Å²) in [4.78, 5) is 28.7. The zero-order chi connectivity index (χ0) is 15.7. The van der Waals surface area contributed by atoms with E-state index in [1.165, 1.54) is 12.5 Å². The maximum Gasteiger partial charge on any atom is 0.257 e. The van der Waals surface area contributed by atoms with E-state index in [1.54, 1.807) is 6.07 Å². The van der Waals surface area contributed by atoms with E-state index in [2.05, 4.69) is 13.8 Å². The van der Waals surface area contributed by atoms with Gasteiger partial charge in [0, 0.05) is 32.1 Å².